The van der Waals surface area contributed by atoms with E-state index in [2.05, 4.69) is 49.6 Å². The number of phenols is 1. The van der Waals surface area contributed by atoms with Gasteiger partial charge in [-0.15, -0.1) is 0 Å². The molecule has 1 saturated heterocycles. The van der Waals surface area contributed by atoms with E-state index in [9.17, 15) is 9.90 Å². The number of nitrogens with one attached hydrogen (secondary N) is 1. The molecule has 0 unspecified atom stereocenters. The van der Waals surface area contributed by atoms with Crippen LogP contribution in [0.25, 0.3) is 0 Å². The summed E-state index contributed by atoms with van der Waals surface area (Å²) in [6.07, 6.45) is 1.39. The van der Waals surface area contributed by atoms with Gasteiger partial charge in [-0.3, -0.25) is 0 Å². The molecule has 2 N–H and O–H groups in total. The van der Waals surface area contributed by atoms with Crippen LogP contribution in [0.4, 0.5) is 5.69 Å². The molecule has 4 nitrogen and oxygen atoms in total. The van der Waals surface area contributed by atoms with Crippen LogP contribution in [0.3, 0.4) is 0 Å². The predicted molar refractivity (Wildman–Crippen MR) is 133 cm³/mol. The maximum absolute atomic E-state index is 13.2. The van der Waals surface area contributed by atoms with E-state index in [-0.39, 0.29) is 11.7 Å². The van der Waals surface area contributed by atoms with Crippen LogP contribution in [0.2, 0.25) is 0 Å². The minimum absolute atomic E-state index is 0.0950. The van der Waals surface area contributed by atoms with Crippen molar-refractivity contribution in [2.75, 3.05) is 23.9 Å². The van der Waals surface area contributed by atoms with Crippen LogP contribution in [0.1, 0.15) is 21.5 Å². The van der Waals surface area contributed by atoms with Crippen LogP contribution in [0.15, 0.2) is 66.7 Å². The Balaban J connectivity index is 1.54. The van der Waals surface area contributed by atoms with Gasteiger partial charge in [-0.05, 0) is 0 Å². The number of hydrogen-bond donors (Lipinski definition) is 2. The zero-order chi connectivity index (χ0) is 21.6. The molecule has 0 aromatic heterocycles. The van der Waals surface area contributed by atoms with E-state index in [1.165, 1.54) is 34.6 Å². The standard InChI is InChI=1S/C24H24AsNO3S2/c1-29-22-16-21(27)15-18(8-7-17-5-3-2-4-6-17)23(22)24(28)26-20-11-9-19(10-12-20)25-30-13-14-31-25/h2-6,9-12,15-16,27H,7-8,13-14H2,1H3,(H,26,28). The molecular weight excluding hydrogens is 489 g/mol. The molecule has 1 aliphatic heterocycles. The van der Waals surface area contributed by atoms with Crippen molar-refractivity contribution in [1.29, 1.82) is 0 Å². The molecule has 7 heteroatoms. The Morgan fingerprint density at radius 3 is 2.42 bits per heavy atom. The number of anilines is 1. The molecular formula is C24H24AsNO3S2. The summed E-state index contributed by atoms with van der Waals surface area (Å²) in [4.78, 5) is 13.2. The number of aromatic hydroxyl groups is 1. The number of ether oxygens (including phenoxy) is 1. The van der Waals surface area contributed by atoms with E-state index in [1.54, 1.807) is 6.07 Å². The summed E-state index contributed by atoms with van der Waals surface area (Å²) in [7, 11) is 5.73. The van der Waals surface area contributed by atoms with Gasteiger partial charge >= 0.3 is 176 Å². The summed E-state index contributed by atoms with van der Waals surface area (Å²) in [5.41, 5.74) is 3.18. The summed E-state index contributed by atoms with van der Waals surface area (Å²) < 4.78 is 6.86. The SMILES string of the molecule is COc1cc(O)cc(CCc2ccccc2)c1C(=O)Nc1ccc([As]2SCCS2)cc1. The van der Waals surface area contributed by atoms with Crippen molar-refractivity contribution >= 4 is 48.3 Å². The van der Waals surface area contributed by atoms with Crippen molar-refractivity contribution in [1.82, 2.24) is 0 Å². The first kappa shape index (κ1) is 22.2. The Bertz CT molecular complexity index is 1040. The van der Waals surface area contributed by atoms with Crippen molar-refractivity contribution in [2.24, 2.45) is 0 Å². The molecule has 1 fully saturated rings. The van der Waals surface area contributed by atoms with Crippen LogP contribution in [0, 0.1) is 0 Å². The molecule has 3 aromatic rings. The molecule has 0 saturated carbocycles. The van der Waals surface area contributed by atoms with Gasteiger partial charge < -0.3 is 0 Å². The second-order valence-corrected chi connectivity index (χ2v) is 18.8. The number of carbonyl (C=O) groups is 1. The fourth-order valence-electron chi connectivity index (χ4n) is 3.48. The Hall–Kier alpha value is -2.01. The third-order valence-corrected chi connectivity index (χ3v) is 18.7. The topological polar surface area (TPSA) is 58.6 Å². The van der Waals surface area contributed by atoms with E-state index < -0.39 is 12.3 Å². The van der Waals surface area contributed by atoms with Gasteiger partial charge in [0.2, 0.25) is 0 Å². The van der Waals surface area contributed by atoms with Gasteiger partial charge in [0, 0.05) is 0 Å². The minimum atomic E-state index is -1.02. The van der Waals surface area contributed by atoms with Crippen LogP contribution >= 0.6 is 20.0 Å². The molecule has 4 rings (SSSR count). The number of aryl methyl sites for hydroxylation is 2. The van der Waals surface area contributed by atoms with Gasteiger partial charge in [-0.25, -0.2) is 0 Å². The Kier molecular flexibility index (Phi) is 7.54. The van der Waals surface area contributed by atoms with Crippen LogP contribution in [-0.2, 0) is 12.8 Å². The quantitative estimate of drug-likeness (QED) is 0.452. The van der Waals surface area contributed by atoms with Crippen molar-refractivity contribution in [3.63, 3.8) is 0 Å². The van der Waals surface area contributed by atoms with E-state index in [0.717, 1.165) is 17.7 Å². The molecule has 0 bridgehead atoms. The first-order chi connectivity index (χ1) is 15.1. The normalized spacial score (nSPS) is 13.8. The van der Waals surface area contributed by atoms with Crippen molar-refractivity contribution in [2.45, 2.75) is 12.8 Å². The molecule has 0 aliphatic carbocycles. The van der Waals surface area contributed by atoms with Crippen molar-refractivity contribution < 1.29 is 14.6 Å². The fourth-order valence-corrected chi connectivity index (χ4v) is 17.6. The third kappa shape index (κ3) is 5.62. The molecule has 0 atom stereocenters. The van der Waals surface area contributed by atoms with Gasteiger partial charge in [0.05, 0.1) is 0 Å². The first-order valence-electron chi connectivity index (χ1n) is 10.1. The third-order valence-electron chi connectivity index (χ3n) is 4.98. The molecule has 31 heavy (non-hydrogen) atoms. The van der Waals surface area contributed by atoms with E-state index in [1.807, 2.05) is 30.3 Å². The van der Waals surface area contributed by atoms with Gasteiger partial charge in [0.15, 0.2) is 0 Å². The summed E-state index contributed by atoms with van der Waals surface area (Å²) in [5, 5.41) is 13.2. The second-order valence-electron chi connectivity index (χ2n) is 7.09. The van der Waals surface area contributed by atoms with Gasteiger partial charge in [0.1, 0.15) is 0 Å². The molecule has 1 heterocycles. The second kappa shape index (κ2) is 10.5. The average molecular weight is 514 g/mol. The number of carbonyl (C=O) groups excluding carboxylic acids is 1. The monoisotopic (exact) mass is 513 g/mol. The number of amides is 1. The molecule has 1 aliphatic rings. The van der Waals surface area contributed by atoms with Crippen molar-refractivity contribution in [3.8, 4) is 11.5 Å². The molecule has 160 valence electrons. The predicted octanol–water partition coefficient (Wildman–Crippen LogP) is 4.61. The number of phenolic OH excluding ortho intramolecular Hbond substituents is 1. The van der Waals surface area contributed by atoms with Gasteiger partial charge in [-0.2, -0.15) is 0 Å². The van der Waals surface area contributed by atoms with Crippen LogP contribution in [-0.4, -0.2) is 42.0 Å². The summed E-state index contributed by atoms with van der Waals surface area (Å²) >= 11 is -1.02. The summed E-state index contributed by atoms with van der Waals surface area (Å²) in [5.74, 6) is 2.74. The maximum atomic E-state index is 13.2. The number of hydrogen-bond acceptors (Lipinski definition) is 5. The van der Waals surface area contributed by atoms with E-state index in [0.29, 0.717) is 17.7 Å². The van der Waals surface area contributed by atoms with Crippen LogP contribution in [0.5, 0.6) is 11.5 Å². The zero-order valence-corrected chi connectivity index (χ0v) is 20.7. The molecule has 0 spiro atoms. The zero-order valence-electron chi connectivity index (χ0n) is 17.2. The van der Waals surface area contributed by atoms with E-state index in [4.69, 9.17) is 4.74 Å². The Morgan fingerprint density at radius 2 is 1.74 bits per heavy atom. The van der Waals surface area contributed by atoms with E-state index >= 15 is 0 Å². The molecule has 1 amide bonds. The number of benzene rings is 3. The fraction of sp³-hybridized carbons (Fsp3) is 0.208. The number of methoxy groups -OCH3 is 1. The summed E-state index contributed by atoms with van der Waals surface area (Å²) in [6.45, 7) is 0. The summed E-state index contributed by atoms with van der Waals surface area (Å²) in [6, 6.07) is 21.5. The Morgan fingerprint density at radius 1 is 1.03 bits per heavy atom. The Labute approximate surface area is 194 Å². The molecule has 3 aromatic carbocycles. The van der Waals surface area contributed by atoms with Crippen molar-refractivity contribution in [3.05, 3.63) is 83.4 Å². The first-order valence-corrected chi connectivity index (χ1v) is 17.5. The van der Waals surface area contributed by atoms with Crippen LogP contribution < -0.4 is 14.4 Å². The average Bonchev–Trinajstić information content (AvgIpc) is 3.33. The van der Waals surface area contributed by atoms with Gasteiger partial charge in [0.25, 0.3) is 0 Å². The van der Waals surface area contributed by atoms with Gasteiger partial charge in [-0.1, -0.05) is 18.2 Å². The molecule has 0 radical (unpaired) electrons. The number of rotatable bonds is 7.